The summed E-state index contributed by atoms with van der Waals surface area (Å²) >= 11 is 2.63. The Morgan fingerprint density at radius 1 is 1.15 bits per heavy atom. The number of anilines is 2. The van der Waals surface area contributed by atoms with E-state index in [1.807, 2.05) is 32.0 Å². The molecule has 0 atom stereocenters. The van der Waals surface area contributed by atoms with Crippen LogP contribution in [0, 0.1) is 19.8 Å². The van der Waals surface area contributed by atoms with Gasteiger partial charge in [-0.25, -0.2) is 0 Å². The molecule has 0 bridgehead atoms. The molecule has 1 aliphatic carbocycles. The maximum atomic E-state index is 12.3. The van der Waals surface area contributed by atoms with E-state index in [0.29, 0.717) is 9.47 Å². The molecule has 3 rings (SSSR count). The monoisotopic (exact) mass is 404 g/mol. The highest BCUT2D eigenvalue weighted by Gasteiger charge is 2.22. The topological polar surface area (TPSA) is 84.0 Å². The van der Waals surface area contributed by atoms with Crippen LogP contribution >= 0.6 is 23.1 Å². The van der Waals surface area contributed by atoms with Crippen molar-refractivity contribution in [3.63, 3.8) is 0 Å². The lowest BCUT2D eigenvalue weighted by atomic mass is 9.89. The van der Waals surface area contributed by atoms with E-state index < -0.39 is 0 Å². The number of carbonyl (C=O) groups excluding carboxylic acids is 2. The molecular formula is C19H24N4O2S2. The summed E-state index contributed by atoms with van der Waals surface area (Å²) in [5.74, 6) is 0.285. The summed E-state index contributed by atoms with van der Waals surface area (Å²) in [6.07, 6.45) is 5.35. The van der Waals surface area contributed by atoms with Gasteiger partial charge in [0, 0.05) is 11.6 Å². The molecule has 0 radical (unpaired) electrons. The molecule has 2 N–H and O–H groups in total. The number of carbonyl (C=O) groups is 2. The quantitative estimate of drug-likeness (QED) is 0.550. The fraction of sp³-hybridized carbons (Fsp3) is 0.474. The predicted octanol–water partition coefficient (Wildman–Crippen LogP) is 4.40. The fourth-order valence-corrected chi connectivity index (χ4v) is 4.63. The van der Waals surface area contributed by atoms with Gasteiger partial charge in [-0.05, 0) is 43.9 Å². The van der Waals surface area contributed by atoms with Gasteiger partial charge in [0.05, 0.1) is 5.75 Å². The van der Waals surface area contributed by atoms with E-state index in [2.05, 4.69) is 20.8 Å². The van der Waals surface area contributed by atoms with Crippen LogP contribution in [-0.4, -0.2) is 27.8 Å². The Balaban J connectivity index is 1.48. The zero-order valence-electron chi connectivity index (χ0n) is 15.6. The third-order valence-corrected chi connectivity index (χ3v) is 6.58. The Morgan fingerprint density at radius 3 is 2.70 bits per heavy atom. The molecule has 6 nitrogen and oxygen atoms in total. The first-order valence-electron chi connectivity index (χ1n) is 9.15. The molecule has 0 aliphatic heterocycles. The van der Waals surface area contributed by atoms with E-state index in [-0.39, 0.29) is 23.5 Å². The number of nitrogens with zero attached hydrogens (tertiary/aromatic N) is 2. The van der Waals surface area contributed by atoms with Crippen molar-refractivity contribution in [3.05, 3.63) is 29.3 Å². The summed E-state index contributed by atoms with van der Waals surface area (Å²) < 4.78 is 0.671. The Kier molecular flexibility index (Phi) is 6.84. The Morgan fingerprint density at radius 2 is 1.93 bits per heavy atom. The first kappa shape index (κ1) is 19.8. The minimum atomic E-state index is -0.0864. The predicted molar refractivity (Wildman–Crippen MR) is 110 cm³/mol. The van der Waals surface area contributed by atoms with Gasteiger partial charge in [0.15, 0.2) is 4.34 Å². The van der Waals surface area contributed by atoms with Crippen molar-refractivity contribution in [3.8, 4) is 0 Å². The zero-order chi connectivity index (χ0) is 19.2. The van der Waals surface area contributed by atoms with Gasteiger partial charge < -0.3 is 10.6 Å². The second kappa shape index (κ2) is 9.32. The molecule has 2 amide bonds. The normalized spacial score (nSPS) is 14.7. The summed E-state index contributed by atoms with van der Waals surface area (Å²) in [7, 11) is 0. The Bertz CT molecular complexity index is 816. The second-order valence-electron chi connectivity index (χ2n) is 6.85. The van der Waals surface area contributed by atoms with Gasteiger partial charge in [0.2, 0.25) is 16.9 Å². The van der Waals surface area contributed by atoms with E-state index in [0.717, 1.165) is 42.5 Å². The van der Waals surface area contributed by atoms with E-state index in [1.54, 1.807) is 0 Å². The van der Waals surface area contributed by atoms with Crippen LogP contribution in [0.2, 0.25) is 0 Å². The van der Waals surface area contributed by atoms with Crippen LogP contribution in [-0.2, 0) is 9.59 Å². The van der Waals surface area contributed by atoms with Gasteiger partial charge in [0.25, 0.3) is 0 Å². The van der Waals surface area contributed by atoms with Gasteiger partial charge in [-0.15, -0.1) is 10.2 Å². The third kappa shape index (κ3) is 5.77. The molecule has 1 fully saturated rings. The number of rotatable bonds is 6. The molecule has 144 valence electrons. The number of hydrogen-bond acceptors (Lipinski definition) is 6. The average molecular weight is 405 g/mol. The van der Waals surface area contributed by atoms with Crippen molar-refractivity contribution in [2.45, 2.75) is 50.3 Å². The van der Waals surface area contributed by atoms with Crippen LogP contribution in [0.4, 0.5) is 10.8 Å². The summed E-state index contributed by atoms with van der Waals surface area (Å²) in [4.78, 5) is 24.5. The third-order valence-electron chi connectivity index (χ3n) is 4.61. The standard InChI is InChI=1S/C19H24N4O2S2/c1-12-8-9-13(2)15(10-12)20-16(24)11-26-19-23-22-18(27-19)21-17(25)14-6-4-3-5-7-14/h8-10,14H,3-7,11H2,1-2H3,(H,20,24)(H,21,22,25). The number of benzene rings is 1. The lowest BCUT2D eigenvalue weighted by Crippen LogP contribution is -2.24. The maximum Gasteiger partial charge on any atom is 0.234 e. The molecule has 1 aliphatic rings. The van der Waals surface area contributed by atoms with E-state index in [1.165, 1.54) is 29.5 Å². The van der Waals surface area contributed by atoms with Crippen LogP contribution < -0.4 is 10.6 Å². The van der Waals surface area contributed by atoms with Crippen molar-refractivity contribution in [2.24, 2.45) is 5.92 Å². The molecule has 0 unspecified atom stereocenters. The largest absolute Gasteiger partial charge is 0.325 e. The summed E-state index contributed by atoms with van der Waals surface area (Å²) in [5, 5.41) is 14.4. The number of nitrogens with one attached hydrogen (secondary N) is 2. The Labute approximate surface area is 167 Å². The molecule has 1 saturated carbocycles. The van der Waals surface area contributed by atoms with Crippen LogP contribution in [0.15, 0.2) is 22.5 Å². The lowest BCUT2D eigenvalue weighted by Gasteiger charge is -2.19. The number of aromatic nitrogens is 2. The highest BCUT2D eigenvalue weighted by molar-refractivity contribution is 8.01. The molecule has 8 heteroatoms. The minimum absolute atomic E-state index is 0.0371. The lowest BCUT2D eigenvalue weighted by molar-refractivity contribution is -0.120. The van der Waals surface area contributed by atoms with E-state index in [9.17, 15) is 9.59 Å². The van der Waals surface area contributed by atoms with Gasteiger partial charge in [-0.2, -0.15) is 0 Å². The summed E-state index contributed by atoms with van der Waals surface area (Å²) in [5.41, 5.74) is 2.96. The van der Waals surface area contributed by atoms with Gasteiger partial charge in [-0.1, -0.05) is 54.5 Å². The molecule has 1 heterocycles. The van der Waals surface area contributed by atoms with Gasteiger partial charge in [-0.3, -0.25) is 9.59 Å². The second-order valence-corrected chi connectivity index (χ2v) is 9.05. The number of amides is 2. The first-order chi connectivity index (χ1) is 13.0. The molecule has 1 aromatic carbocycles. The van der Waals surface area contributed by atoms with E-state index >= 15 is 0 Å². The molecule has 0 saturated heterocycles. The molecule has 2 aromatic rings. The van der Waals surface area contributed by atoms with Crippen molar-refractivity contribution < 1.29 is 9.59 Å². The summed E-state index contributed by atoms with van der Waals surface area (Å²) in [6.45, 7) is 3.96. The number of hydrogen-bond donors (Lipinski definition) is 2. The van der Waals surface area contributed by atoms with Crippen molar-refractivity contribution in [1.29, 1.82) is 0 Å². The molecule has 27 heavy (non-hydrogen) atoms. The van der Waals surface area contributed by atoms with Gasteiger partial charge >= 0.3 is 0 Å². The zero-order valence-corrected chi connectivity index (χ0v) is 17.2. The SMILES string of the molecule is Cc1ccc(C)c(NC(=O)CSc2nnc(NC(=O)C3CCCCC3)s2)c1. The summed E-state index contributed by atoms with van der Waals surface area (Å²) in [6, 6.07) is 5.97. The molecular weight excluding hydrogens is 380 g/mol. The smallest absolute Gasteiger partial charge is 0.234 e. The highest BCUT2D eigenvalue weighted by atomic mass is 32.2. The number of aryl methyl sites for hydroxylation is 2. The van der Waals surface area contributed by atoms with Crippen molar-refractivity contribution in [1.82, 2.24) is 10.2 Å². The van der Waals surface area contributed by atoms with Gasteiger partial charge in [0.1, 0.15) is 0 Å². The van der Waals surface area contributed by atoms with Crippen LogP contribution in [0.25, 0.3) is 0 Å². The van der Waals surface area contributed by atoms with Crippen LogP contribution in [0.1, 0.15) is 43.2 Å². The van der Waals surface area contributed by atoms with Crippen LogP contribution in [0.3, 0.4) is 0 Å². The fourth-order valence-electron chi connectivity index (χ4n) is 3.07. The first-order valence-corrected chi connectivity index (χ1v) is 11.0. The Hall–Kier alpha value is -1.93. The highest BCUT2D eigenvalue weighted by Crippen LogP contribution is 2.28. The minimum Gasteiger partial charge on any atom is -0.325 e. The number of thioether (sulfide) groups is 1. The molecule has 0 spiro atoms. The average Bonchev–Trinajstić information content (AvgIpc) is 3.11. The van der Waals surface area contributed by atoms with E-state index in [4.69, 9.17) is 0 Å². The maximum absolute atomic E-state index is 12.3. The molecule has 1 aromatic heterocycles. The van der Waals surface area contributed by atoms with Crippen molar-refractivity contribution >= 4 is 45.7 Å². The van der Waals surface area contributed by atoms with Crippen molar-refractivity contribution in [2.75, 3.05) is 16.4 Å². The van der Waals surface area contributed by atoms with Crippen LogP contribution in [0.5, 0.6) is 0 Å².